The number of nitrogens with zero attached hydrogens (tertiary/aromatic N) is 3. The van der Waals surface area contributed by atoms with Crippen LogP contribution in [-0.2, 0) is 4.79 Å². The number of hydrogen-bond acceptors (Lipinski definition) is 4. The average Bonchev–Trinajstić information content (AvgIpc) is 3.25. The van der Waals surface area contributed by atoms with E-state index < -0.39 is 0 Å². The summed E-state index contributed by atoms with van der Waals surface area (Å²) in [4.78, 5) is 21.3. The molecule has 1 aromatic rings. The number of hydrogen-bond donors (Lipinski definition) is 2. The van der Waals surface area contributed by atoms with Crippen molar-refractivity contribution in [1.29, 1.82) is 0 Å². The van der Waals surface area contributed by atoms with Gasteiger partial charge < -0.3 is 20.0 Å². The number of rotatable bonds is 9. The van der Waals surface area contributed by atoms with Gasteiger partial charge in [-0.1, -0.05) is 13.8 Å². The Balaban J connectivity index is 0.00000420. The van der Waals surface area contributed by atoms with Crippen LogP contribution in [0.5, 0.6) is 0 Å². The van der Waals surface area contributed by atoms with Gasteiger partial charge in [-0.2, -0.15) is 0 Å². The molecule has 1 atom stereocenters. The van der Waals surface area contributed by atoms with Crippen molar-refractivity contribution in [3.05, 3.63) is 24.2 Å². The number of likely N-dealkylation sites (tertiary alicyclic amines) is 1. The van der Waals surface area contributed by atoms with Crippen LogP contribution in [0.3, 0.4) is 0 Å². The molecule has 0 aromatic carbocycles. The summed E-state index contributed by atoms with van der Waals surface area (Å²) in [7, 11) is 1.71. The first-order valence-electron chi connectivity index (χ1n) is 10.6. The first kappa shape index (κ1) is 25.7. The number of carbonyl (C=O) groups excluding carboxylic acids is 1. The summed E-state index contributed by atoms with van der Waals surface area (Å²) in [6, 6.07) is 4.12. The number of amides is 1. The van der Waals surface area contributed by atoms with E-state index >= 15 is 0 Å². The van der Waals surface area contributed by atoms with E-state index in [9.17, 15) is 4.79 Å². The second kappa shape index (κ2) is 13.8. The van der Waals surface area contributed by atoms with Gasteiger partial charge in [-0.25, -0.2) is 0 Å². The average molecular weight is 519 g/mol. The Kier molecular flexibility index (Phi) is 12.3. The number of likely N-dealkylation sites (N-methyl/N-ethyl adjacent to an activating group) is 1. The second-order valence-electron chi connectivity index (χ2n) is 7.25. The number of furan rings is 1. The molecule has 2 heterocycles. The highest BCUT2D eigenvalue weighted by Gasteiger charge is 2.24. The van der Waals surface area contributed by atoms with Crippen LogP contribution in [0.15, 0.2) is 27.8 Å². The summed E-state index contributed by atoms with van der Waals surface area (Å²) in [6.07, 6.45) is 4.41. The van der Waals surface area contributed by atoms with E-state index in [1.165, 1.54) is 0 Å². The van der Waals surface area contributed by atoms with Crippen LogP contribution in [0.1, 0.15) is 51.8 Å². The molecule has 1 aromatic heterocycles. The minimum absolute atomic E-state index is 0. The van der Waals surface area contributed by atoms with Gasteiger partial charge in [0.05, 0.1) is 18.8 Å². The predicted octanol–water partition coefficient (Wildman–Crippen LogP) is 3.09. The van der Waals surface area contributed by atoms with Crippen molar-refractivity contribution < 1.29 is 9.21 Å². The lowest BCUT2D eigenvalue weighted by Crippen LogP contribution is -2.46. The number of nitrogens with one attached hydrogen (secondary N) is 2. The molecule has 0 radical (unpaired) electrons. The van der Waals surface area contributed by atoms with E-state index in [4.69, 9.17) is 9.41 Å². The van der Waals surface area contributed by atoms with Gasteiger partial charge in [0.2, 0.25) is 5.91 Å². The van der Waals surface area contributed by atoms with Crippen LogP contribution < -0.4 is 10.6 Å². The molecule has 8 heteroatoms. The molecule has 7 nitrogen and oxygen atoms in total. The molecule has 1 unspecified atom stereocenters. The van der Waals surface area contributed by atoms with E-state index in [1.807, 2.05) is 12.1 Å². The third-order valence-electron chi connectivity index (χ3n) is 5.54. The summed E-state index contributed by atoms with van der Waals surface area (Å²) in [5.74, 6) is 2.53. The first-order valence-corrected chi connectivity index (χ1v) is 10.6. The molecule has 0 spiro atoms. The zero-order valence-electron chi connectivity index (χ0n) is 18.3. The topological polar surface area (TPSA) is 73.1 Å². The zero-order valence-corrected chi connectivity index (χ0v) is 20.6. The summed E-state index contributed by atoms with van der Waals surface area (Å²) < 4.78 is 5.70. The Hall–Kier alpha value is -1.29. The molecule has 0 bridgehead atoms. The molecular weight excluding hydrogens is 481 g/mol. The highest BCUT2D eigenvalue weighted by molar-refractivity contribution is 14.0. The monoisotopic (exact) mass is 519 g/mol. The number of piperidine rings is 1. The van der Waals surface area contributed by atoms with Crippen LogP contribution in [0, 0.1) is 5.92 Å². The Labute approximate surface area is 192 Å². The molecule has 1 amide bonds. The smallest absolute Gasteiger partial charge is 0.220 e. The van der Waals surface area contributed by atoms with Gasteiger partial charge in [0.25, 0.3) is 0 Å². The molecule has 2 N–H and O–H groups in total. The lowest BCUT2D eigenvalue weighted by atomic mass is 9.93. The molecule has 1 aliphatic heterocycles. The SMILES string of the molecule is CCNC(=NCC(c1ccco1)N(CC)CC)N1CCC(CC(=O)NC)CC1.I. The normalized spacial score (nSPS) is 16.4. The molecule has 166 valence electrons. The Bertz CT molecular complexity index is 596. The molecule has 0 aliphatic carbocycles. The standard InChI is InChI=1S/C21H37N5O2.HI/c1-5-23-21(26-12-10-17(11-13-26)15-20(27)22-4)24-16-18(25(6-2)7-3)19-9-8-14-28-19;/h8-9,14,17-18H,5-7,10-13,15-16H2,1-4H3,(H,22,27)(H,23,24);1H. The molecule has 2 rings (SSSR count). The van der Waals surface area contributed by atoms with Crippen molar-refractivity contribution in [2.24, 2.45) is 10.9 Å². The summed E-state index contributed by atoms with van der Waals surface area (Å²) in [5, 5.41) is 6.17. The maximum absolute atomic E-state index is 11.6. The fraction of sp³-hybridized carbons (Fsp3) is 0.714. The Morgan fingerprint density at radius 3 is 2.52 bits per heavy atom. The van der Waals surface area contributed by atoms with Crippen molar-refractivity contribution in [2.75, 3.05) is 46.3 Å². The van der Waals surface area contributed by atoms with E-state index in [-0.39, 0.29) is 35.9 Å². The van der Waals surface area contributed by atoms with Crippen LogP contribution >= 0.6 is 24.0 Å². The minimum Gasteiger partial charge on any atom is -0.468 e. The highest BCUT2D eigenvalue weighted by Crippen LogP contribution is 2.23. The second-order valence-corrected chi connectivity index (χ2v) is 7.25. The van der Waals surface area contributed by atoms with Crippen LogP contribution in [0.2, 0.25) is 0 Å². The summed E-state index contributed by atoms with van der Waals surface area (Å²) in [6.45, 7) is 11.7. The van der Waals surface area contributed by atoms with Crippen molar-refractivity contribution in [3.8, 4) is 0 Å². The van der Waals surface area contributed by atoms with E-state index in [2.05, 4.69) is 41.2 Å². The Morgan fingerprint density at radius 1 is 1.31 bits per heavy atom. The summed E-state index contributed by atoms with van der Waals surface area (Å²) >= 11 is 0. The van der Waals surface area contributed by atoms with Crippen molar-refractivity contribution in [2.45, 2.75) is 46.1 Å². The quantitative estimate of drug-likeness (QED) is 0.298. The van der Waals surface area contributed by atoms with E-state index in [1.54, 1.807) is 13.3 Å². The van der Waals surface area contributed by atoms with Gasteiger partial charge in [-0.3, -0.25) is 14.7 Å². The van der Waals surface area contributed by atoms with Gasteiger partial charge in [-0.05, 0) is 50.9 Å². The molecule has 0 saturated carbocycles. The van der Waals surface area contributed by atoms with Crippen LogP contribution in [0.25, 0.3) is 0 Å². The number of carbonyl (C=O) groups is 1. The lowest BCUT2D eigenvalue weighted by molar-refractivity contribution is -0.121. The third kappa shape index (κ3) is 7.81. The number of halogens is 1. The van der Waals surface area contributed by atoms with Gasteiger partial charge in [0.15, 0.2) is 5.96 Å². The van der Waals surface area contributed by atoms with Gasteiger partial charge >= 0.3 is 0 Å². The van der Waals surface area contributed by atoms with E-state index in [0.29, 0.717) is 18.9 Å². The fourth-order valence-corrected chi connectivity index (χ4v) is 3.84. The maximum atomic E-state index is 11.6. The zero-order chi connectivity index (χ0) is 20.4. The predicted molar refractivity (Wildman–Crippen MR) is 129 cm³/mol. The lowest BCUT2D eigenvalue weighted by Gasteiger charge is -2.34. The minimum atomic E-state index is 0. The molecule has 1 saturated heterocycles. The number of guanidine groups is 1. The van der Waals surface area contributed by atoms with Crippen molar-refractivity contribution in [1.82, 2.24) is 20.4 Å². The van der Waals surface area contributed by atoms with Crippen LogP contribution in [-0.4, -0.2) is 68.0 Å². The van der Waals surface area contributed by atoms with Gasteiger partial charge in [0, 0.05) is 33.1 Å². The van der Waals surface area contributed by atoms with Crippen molar-refractivity contribution >= 4 is 35.8 Å². The fourth-order valence-electron chi connectivity index (χ4n) is 3.84. The molecule has 1 fully saturated rings. The molecule has 29 heavy (non-hydrogen) atoms. The maximum Gasteiger partial charge on any atom is 0.220 e. The third-order valence-corrected chi connectivity index (χ3v) is 5.54. The molecular formula is C21H38IN5O2. The van der Waals surface area contributed by atoms with Crippen molar-refractivity contribution in [3.63, 3.8) is 0 Å². The molecule has 1 aliphatic rings. The van der Waals surface area contributed by atoms with Crippen LogP contribution in [0.4, 0.5) is 0 Å². The van der Waals surface area contributed by atoms with Gasteiger partial charge in [0.1, 0.15) is 5.76 Å². The first-order chi connectivity index (χ1) is 13.6. The van der Waals surface area contributed by atoms with Gasteiger partial charge in [-0.15, -0.1) is 24.0 Å². The largest absolute Gasteiger partial charge is 0.468 e. The number of aliphatic imine (C=N–C) groups is 1. The van der Waals surface area contributed by atoms with E-state index in [0.717, 1.165) is 57.3 Å². The summed E-state index contributed by atoms with van der Waals surface area (Å²) in [5.41, 5.74) is 0. The highest BCUT2D eigenvalue weighted by atomic mass is 127. The Morgan fingerprint density at radius 2 is 2.00 bits per heavy atom.